The molecule has 1 aromatic carbocycles. The Morgan fingerprint density at radius 1 is 1.39 bits per heavy atom. The van der Waals surface area contributed by atoms with Crippen LogP contribution in [0.4, 0.5) is 0 Å². The van der Waals surface area contributed by atoms with Crippen molar-refractivity contribution in [2.45, 2.75) is 17.9 Å². The largest absolute Gasteiger partial charge is 0.392 e. The van der Waals surface area contributed by atoms with Gasteiger partial charge in [-0.25, -0.2) is 13.1 Å². The number of ketones is 1. The fraction of sp³-hybridized carbons (Fsp3) is 0.364. The molecule has 0 spiro atoms. The third kappa shape index (κ3) is 4.06. The Labute approximate surface area is 111 Å². The lowest BCUT2D eigenvalue weighted by molar-refractivity contribution is 0.102. The van der Waals surface area contributed by atoms with E-state index in [4.69, 9.17) is 16.7 Å². The Balaban J connectivity index is 2.87. The second-order valence-corrected chi connectivity index (χ2v) is 5.82. The van der Waals surface area contributed by atoms with E-state index in [1.54, 1.807) is 0 Å². The van der Waals surface area contributed by atoms with Crippen LogP contribution in [-0.4, -0.2) is 37.8 Å². The highest BCUT2D eigenvalue weighted by Crippen LogP contribution is 2.11. The molecule has 0 heterocycles. The summed E-state index contributed by atoms with van der Waals surface area (Å²) in [6.07, 6.45) is -0.767. The summed E-state index contributed by atoms with van der Waals surface area (Å²) in [5.41, 5.74) is 0.361. The van der Waals surface area contributed by atoms with Crippen molar-refractivity contribution in [2.75, 3.05) is 12.4 Å². The average molecular weight is 292 g/mol. The molecule has 0 saturated heterocycles. The van der Waals surface area contributed by atoms with Gasteiger partial charge in [0.15, 0.2) is 5.78 Å². The van der Waals surface area contributed by atoms with Gasteiger partial charge in [0.1, 0.15) is 0 Å². The summed E-state index contributed by atoms with van der Waals surface area (Å²) in [5, 5.41) is 9.03. The number of hydrogen-bond acceptors (Lipinski definition) is 4. The number of rotatable bonds is 6. The molecule has 2 N–H and O–H groups in total. The molecule has 0 aliphatic heterocycles. The van der Waals surface area contributed by atoms with Gasteiger partial charge < -0.3 is 5.11 Å². The maximum absolute atomic E-state index is 11.8. The summed E-state index contributed by atoms with van der Waals surface area (Å²) in [6, 6.07) is 5.46. The predicted octanol–water partition coefficient (Wildman–Crippen LogP) is 0.767. The van der Waals surface area contributed by atoms with Crippen LogP contribution < -0.4 is 4.72 Å². The van der Waals surface area contributed by atoms with Gasteiger partial charge in [-0.05, 0) is 19.1 Å². The predicted molar refractivity (Wildman–Crippen MR) is 68.4 cm³/mol. The van der Waals surface area contributed by atoms with E-state index in [0.717, 1.165) is 0 Å². The Kier molecular flexibility index (Phi) is 5.28. The maximum atomic E-state index is 11.8. The van der Waals surface area contributed by atoms with Crippen molar-refractivity contribution in [3.8, 4) is 0 Å². The molecule has 0 bridgehead atoms. The number of hydrogen-bond donors (Lipinski definition) is 2. The number of halogens is 1. The summed E-state index contributed by atoms with van der Waals surface area (Å²) in [5.74, 6) is -0.413. The number of alkyl halides is 1. The number of Topliss-reactive ketones (excluding diaryl/α,β-unsaturated/α-hetero) is 1. The number of aliphatic hydroxyl groups is 1. The molecule has 5 nitrogen and oxygen atoms in total. The van der Waals surface area contributed by atoms with Gasteiger partial charge in [0.05, 0.1) is 16.9 Å². The summed E-state index contributed by atoms with van der Waals surface area (Å²) < 4.78 is 25.8. The fourth-order valence-corrected chi connectivity index (χ4v) is 2.49. The number of nitrogens with one attached hydrogen (secondary N) is 1. The zero-order valence-electron chi connectivity index (χ0n) is 9.76. The number of carbonyl (C=O) groups excluding carboxylic acids is 1. The van der Waals surface area contributed by atoms with Crippen molar-refractivity contribution in [2.24, 2.45) is 0 Å². The number of sulfonamides is 1. The lowest BCUT2D eigenvalue weighted by Crippen LogP contribution is -2.30. The lowest BCUT2D eigenvalue weighted by atomic mass is 10.1. The minimum atomic E-state index is -3.66. The Morgan fingerprint density at radius 3 is 2.39 bits per heavy atom. The normalized spacial score (nSPS) is 13.3. The van der Waals surface area contributed by atoms with Gasteiger partial charge in [0.25, 0.3) is 0 Å². The fourth-order valence-electron chi connectivity index (χ4n) is 1.21. The van der Waals surface area contributed by atoms with Gasteiger partial charge in [-0.3, -0.25) is 4.79 Å². The SMILES string of the molecule is CC(O)CNS(=O)(=O)c1ccc(C(=O)CCl)cc1. The highest BCUT2D eigenvalue weighted by molar-refractivity contribution is 7.89. The van der Waals surface area contributed by atoms with E-state index in [-0.39, 0.29) is 23.1 Å². The van der Waals surface area contributed by atoms with Crippen LogP contribution in [0.25, 0.3) is 0 Å². The van der Waals surface area contributed by atoms with E-state index in [0.29, 0.717) is 5.56 Å². The Hall–Kier alpha value is -0.950. The van der Waals surface area contributed by atoms with Crippen molar-refractivity contribution >= 4 is 27.4 Å². The molecule has 1 atom stereocenters. The maximum Gasteiger partial charge on any atom is 0.240 e. The molecule has 0 amide bonds. The molecular weight excluding hydrogens is 278 g/mol. The van der Waals surface area contributed by atoms with E-state index < -0.39 is 16.1 Å². The van der Waals surface area contributed by atoms with Crippen LogP contribution in [0.2, 0.25) is 0 Å². The van der Waals surface area contributed by atoms with Crippen LogP contribution >= 0.6 is 11.6 Å². The summed E-state index contributed by atoms with van der Waals surface area (Å²) in [7, 11) is -3.66. The molecule has 18 heavy (non-hydrogen) atoms. The second kappa shape index (κ2) is 6.29. The quantitative estimate of drug-likeness (QED) is 0.599. The van der Waals surface area contributed by atoms with Gasteiger partial charge in [-0.2, -0.15) is 0 Å². The molecule has 0 aromatic heterocycles. The van der Waals surface area contributed by atoms with Crippen LogP contribution in [0.1, 0.15) is 17.3 Å². The highest BCUT2D eigenvalue weighted by Gasteiger charge is 2.15. The standard InChI is InChI=1S/C11H14ClNO4S/c1-8(14)7-13-18(16,17)10-4-2-9(3-5-10)11(15)6-12/h2-5,8,13-14H,6-7H2,1H3. The summed E-state index contributed by atoms with van der Waals surface area (Å²) in [6.45, 7) is 1.41. The molecule has 0 radical (unpaired) electrons. The van der Waals surface area contributed by atoms with Gasteiger partial charge in [0, 0.05) is 12.1 Å². The molecule has 1 rings (SSSR count). The summed E-state index contributed by atoms with van der Waals surface area (Å²) >= 11 is 5.39. The average Bonchev–Trinajstić information content (AvgIpc) is 2.36. The number of aliphatic hydroxyl groups excluding tert-OH is 1. The first-order valence-corrected chi connectivity index (χ1v) is 7.25. The van der Waals surface area contributed by atoms with Gasteiger partial charge in [-0.1, -0.05) is 12.1 Å². The van der Waals surface area contributed by atoms with E-state index in [1.165, 1.54) is 31.2 Å². The van der Waals surface area contributed by atoms with Crippen molar-refractivity contribution < 1.29 is 18.3 Å². The van der Waals surface area contributed by atoms with Crippen LogP contribution in [0.3, 0.4) is 0 Å². The smallest absolute Gasteiger partial charge is 0.240 e. The molecule has 100 valence electrons. The molecule has 0 aliphatic rings. The van der Waals surface area contributed by atoms with Crippen LogP contribution in [0.5, 0.6) is 0 Å². The third-order valence-corrected chi connectivity index (χ3v) is 3.86. The molecule has 7 heteroatoms. The van der Waals surface area contributed by atoms with Gasteiger partial charge in [0.2, 0.25) is 10.0 Å². The number of carbonyl (C=O) groups is 1. The first kappa shape index (κ1) is 15.1. The first-order chi connectivity index (χ1) is 8.36. The van der Waals surface area contributed by atoms with Crippen molar-refractivity contribution in [3.63, 3.8) is 0 Å². The molecule has 0 fully saturated rings. The van der Waals surface area contributed by atoms with Crippen molar-refractivity contribution in [3.05, 3.63) is 29.8 Å². The Morgan fingerprint density at radius 2 is 1.94 bits per heavy atom. The molecular formula is C11H14ClNO4S. The van der Waals surface area contributed by atoms with Crippen LogP contribution in [0.15, 0.2) is 29.2 Å². The summed E-state index contributed by atoms with van der Waals surface area (Å²) in [4.78, 5) is 11.3. The number of benzene rings is 1. The Bertz CT molecular complexity index is 510. The van der Waals surface area contributed by atoms with Crippen LogP contribution in [0, 0.1) is 0 Å². The van der Waals surface area contributed by atoms with E-state index in [1.807, 2.05) is 0 Å². The molecule has 1 unspecified atom stereocenters. The van der Waals surface area contributed by atoms with Crippen LogP contribution in [-0.2, 0) is 10.0 Å². The zero-order valence-corrected chi connectivity index (χ0v) is 11.3. The minimum Gasteiger partial charge on any atom is -0.392 e. The van der Waals surface area contributed by atoms with Crippen molar-refractivity contribution in [1.29, 1.82) is 0 Å². The van der Waals surface area contributed by atoms with Gasteiger partial charge >= 0.3 is 0 Å². The van der Waals surface area contributed by atoms with Gasteiger partial charge in [-0.15, -0.1) is 11.6 Å². The highest BCUT2D eigenvalue weighted by atomic mass is 35.5. The molecule has 0 saturated carbocycles. The second-order valence-electron chi connectivity index (χ2n) is 3.78. The lowest BCUT2D eigenvalue weighted by Gasteiger charge is -2.08. The third-order valence-electron chi connectivity index (χ3n) is 2.18. The first-order valence-electron chi connectivity index (χ1n) is 5.24. The monoisotopic (exact) mass is 291 g/mol. The minimum absolute atomic E-state index is 0.0364. The van der Waals surface area contributed by atoms with E-state index in [9.17, 15) is 13.2 Å². The van der Waals surface area contributed by atoms with E-state index in [2.05, 4.69) is 4.72 Å². The zero-order chi connectivity index (χ0) is 13.8. The topological polar surface area (TPSA) is 83.5 Å². The molecule has 0 aliphatic carbocycles. The van der Waals surface area contributed by atoms with E-state index >= 15 is 0 Å². The molecule has 1 aromatic rings. The van der Waals surface area contributed by atoms with Crippen molar-refractivity contribution in [1.82, 2.24) is 4.72 Å².